The van der Waals surface area contributed by atoms with Gasteiger partial charge in [-0.2, -0.15) is 5.10 Å². The third kappa shape index (κ3) is 4.33. The first-order valence-electron chi connectivity index (χ1n) is 5.88. The van der Waals surface area contributed by atoms with Crippen LogP contribution in [0.3, 0.4) is 0 Å². The molecular weight excluding hydrogens is 374 g/mol. The van der Waals surface area contributed by atoms with Gasteiger partial charge >= 0.3 is 0 Å². The fourth-order valence-electron chi connectivity index (χ4n) is 1.62. The number of hydrogen-bond acceptors (Lipinski definition) is 3. The molecule has 6 heteroatoms. The van der Waals surface area contributed by atoms with Crippen molar-refractivity contribution in [3.63, 3.8) is 0 Å². The van der Waals surface area contributed by atoms with Gasteiger partial charge in [-0.05, 0) is 49.6 Å². The molecule has 0 saturated heterocycles. The zero-order chi connectivity index (χ0) is 13.7. The summed E-state index contributed by atoms with van der Waals surface area (Å²) in [4.78, 5) is 0. The molecule has 19 heavy (non-hydrogen) atoms. The molecule has 0 atom stereocenters. The third-order valence-electron chi connectivity index (χ3n) is 2.64. The van der Waals surface area contributed by atoms with Crippen molar-refractivity contribution in [1.29, 1.82) is 0 Å². The van der Waals surface area contributed by atoms with Gasteiger partial charge in [0.05, 0.1) is 25.0 Å². The van der Waals surface area contributed by atoms with Crippen LogP contribution < -0.4 is 5.32 Å². The van der Waals surface area contributed by atoms with E-state index in [0.717, 1.165) is 27.7 Å². The smallest absolute Gasteiger partial charge is 0.0729 e. The van der Waals surface area contributed by atoms with E-state index < -0.39 is 0 Å². The van der Waals surface area contributed by atoms with Crippen LogP contribution in [0.4, 0.5) is 5.69 Å². The molecule has 0 bridgehead atoms. The van der Waals surface area contributed by atoms with E-state index in [2.05, 4.69) is 54.4 Å². The average molecular weight is 389 g/mol. The van der Waals surface area contributed by atoms with E-state index in [9.17, 15) is 0 Å². The zero-order valence-corrected chi connectivity index (χ0v) is 13.7. The molecule has 0 aliphatic heterocycles. The van der Waals surface area contributed by atoms with E-state index in [1.165, 1.54) is 5.56 Å². The summed E-state index contributed by atoms with van der Waals surface area (Å²) in [5.41, 5.74) is 2.22. The van der Waals surface area contributed by atoms with Crippen molar-refractivity contribution >= 4 is 37.5 Å². The van der Waals surface area contributed by atoms with Gasteiger partial charge in [-0.1, -0.05) is 6.07 Å². The maximum Gasteiger partial charge on any atom is 0.0729 e. The molecule has 0 aliphatic carbocycles. The van der Waals surface area contributed by atoms with Crippen LogP contribution >= 0.6 is 31.9 Å². The van der Waals surface area contributed by atoms with Crippen LogP contribution in [0.1, 0.15) is 5.56 Å². The highest BCUT2D eigenvalue weighted by Gasteiger charge is 2.01. The van der Waals surface area contributed by atoms with Crippen molar-refractivity contribution < 1.29 is 4.74 Å². The lowest BCUT2D eigenvalue weighted by atomic mass is 10.2. The zero-order valence-electron chi connectivity index (χ0n) is 10.6. The van der Waals surface area contributed by atoms with Gasteiger partial charge < -0.3 is 10.1 Å². The van der Waals surface area contributed by atoms with Crippen molar-refractivity contribution in [1.82, 2.24) is 9.78 Å². The average Bonchev–Trinajstić information content (AvgIpc) is 2.86. The van der Waals surface area contributed by atoms with Crippen molar-refractivity contribution in [3.8, 4) is 0 Å². The molecule has 2 aromatic rings. The van der Waals surface area contributed by atoms with Crippen molar-refractivity contribution in [2.75, 3.05) is 19.0 Å². The van der Waals surface area contributed by atoms with Gasteiger partial charge in [-0.25, -0.2) is 0 Å². The summed E-state index contributed by atoms with van der Waals surface area (Å²) in [7, 11) is 1.69. The number of nitrogens with zero attached hydrogens (tertiary/aromatic N) is 2. The first-order valence-corrected chi connectivity index (χ1v) is 7.47. The van der Waals surface area contributed by atoms with Gasteiger partial charge in [0.25, 0.3) is 0 Å². The van der Waals surface area contributed by atoms with Gasteiger partial charge in [-0.3, -0.25) is 4.68 Å². The Balaban J connectivity index is 1.91. The molecular formula is C13H15Br2N3O. The Labute approximate surface area is 129 Å². The van der Waals surface area contributed by atoms with E-state index in [0.29, 0.717) is 6.61 Å². The number of nitrogens with one attached hydrogen (secondary N) is 1. The molecule has 4 nitrogen and oxygen atoms in total. The number of anilines is 1. The van der Waals surface area contributed by atoms with Crippen LogP contribution in [0.2, 0.25) is 0 Å². The predicted octanol–water partition coefficient (Wildman–Crippen LogP) is 3.67. The number of benzene rings is 1. The number of halogens is 2. The summed E-state index contributed by atoms with van der Waals surface area (Å²) >= 11 is 6.96. The molecule has 1 aromatic heterocycles. The standard InChI is InChI=1S/C13H15Br2N3O/c1-19-5-4-18-9-11(8-17-18)16-7-10-2-3-12(14)13(15)6-10/h2-3,6,8-9,16H,4-5,7H2,1H3. The molecule has 0 spiro atoms. The summed E-state index contributed by atoms with van der Waals surface area (Å²) in [6.07, 6.45) is 3.80. The number of hydrogen-bond donors (Lipinski definition) is 1. The largest absolute Gasteiger partial charge is 0.383 e. The van der Waals surface area contributed by atoms with Crippen LogP contribution in [-0.2, 0) is 17.8 Å². The number of methoxy groups -OCH3 is 1. The van der Waals surface area contributed by atoms with Crippen molar-refractivity contribution in [2.24, 2.45) is 0 Å². The van der Waals surface area contributed by atoms with Gasteiger partial charge in [0.2, 0.25) is 0 Å². The van der Waals surface area contributed by atoms with Crippen LogP contribution in [0.5, 0.6) is 0 Å². The van der Waals surface area contributed by atoms with Gasteiger partial charge in [0.15, 0.2) is 0 Å². The molecule has 0 saturated carbocycles. The highest BCUT2D eigenvalue weighted by Crippen LogP contribution is 2.24. The molecule has 2 rings (SSSR count). The summed E-state index contributed by atoms with van der Waals surface area (Å²) in [5.74, 6) is 0. The number of ether oxygens (including phenoxy) is 1. The van der Waals surface area contributed by atoms with Crippen LogP contribution in [0.15, 0.2) is 39.5 Å². The molecule has 0 aliphatic rings. The lowest BCUT2D eigenvalue weighted by Gasteiger charge is -2.05. The van der Waals surface area contributed by atoms with Crippen molar-refractivity contribution in [3.05, 3.63) is 45.1 Å². The Morgan fingerprint density at radius 2 is 2.16 bits per heavy atom. The topological polar surface area (TPSA) is 39.1 Å². The Kier molecular flexibility index (Phi) is 5.42. The maximum atomic E-state index is 5.02. The van der Waals surface area contributed by atoms with Crippen LogP contribution in [0, 0.1) is 0 Å². The Morgan fingerprint density at radius 3 is 2.89 bits per heavy atom. The minimum Gasteiger partial charge on any atom is -0.383 e. The molecule has 1 aromatic carbocycles. The Bertz CT molecular complexity index is 542. The van der Waals surface area contributed by atoms with E-state index in [1.807, 2.05) is 23.1 Å². The Hall–Kier alpha value is -0.850. The van der Waals surface area contributed by atoms with Gasteiger partial charge in [0, 0.05) is 28.8 Å². The maximum absolute atomic E-state index is 5.02. The van der Waals surface area contributed by atoms with E-state index in [1.54, 1.807) is 7.11 Å². The fourth-order valence-corrected chi connectivity index (χ4v) is 2.29. The second kappa shape index (κ2) is 7.07. The highest BCUT2D eigenvalue weighted by atomic mass is 79.9. The lowest BCUT2D eigenvalue weighted by Crippen LogP contribution is -2.04. The normalized spacial score (nSPS) is 10.7. The van der Waals surface area contributed by atoms with Gasteiger partial charge in [-0.15, -0.1) is 0 Å². The van der Waals surface area contributed by atoms with E-state index in [-0.39, 0.29) is 0 Å². The third-order valence-corrected chi connectivity index (χ3v) is 4.52. The fraction of sp³-hybridized carbons (Fsp3) is 0.308. The first-order chi connectivity index (χ1) is 9.19. The summed E-state index contributed by atoms with van der Waals surface area (Å²) in [6, 6.07) is 6.20. The molecule has 102 valence electrons. The molecule has 0 fully saturated rings. The second-order valence-electron chi connectivity index (χ2n) is 4.09. The molecule has 0 radical (unpaired) electrons. The quantitative estimate of drug-likeness (QED) is 0.820. The Morgan fingerprint density at radius 1 is 1.32 bits per heavy atom. The lowest BCUT2D eigenvalue weighted by molar-refractivity contribution is 0.183. The molecule has 1 N–H and O–H groups in total. The van der Waals surface area contributed by atoms with E-state index >= 15 is 0 Å². The summed E-state index contributed by atoms with van der Waals surface area (Å²) in [6.45, 7) is 2.20. The molecule has 0 amide bonds. The van der Waals surface area contributed by atoms with Crippen LogP contribution in [0.25, 0.3) is 0 Å². The van der Waals surface area contributed by atoms with E-state index in [4.69, 9.17) is 4.74 Å². The number of rotatable bonds is 6. The summed E-state index contributed by atoms with van der Waals surface area (Å²) in [5, 5.41) is 7.60. The SMILES string of the molecule is COCCn1cc(NCc2ccc(Br)c(Br)c2)cn1. The minimum atomic E-state index is 0.667. The molecule has 1 heterocycles. The summed E-state index contributed by atoms with van der Waals surface area (Å²) < 4.78 is 9.00. The number of aromatic nitrogens is 2. The second-order valence-corrected chi connectivity index (χ2v) is 5.80. The minimum absolute atomic E-state index is 0.667. The molecule has 0 unspecified atom stereocenters. The predicted molar refractivity (Wildman–Crippen MR) is 83.3 cm³/mol. The highest BCUT2D eigenvalue weighted by molar-refractivity contribution is 9.13. The van der Waals surface area contributed by atoms with Crippen LogP contribution in [-0.4, -0.2) is 23.5 Å². The monoisotopic (exact) mass is 387 g/mol. The van der Waals surface area contributed by atoms with Crippen molar-refractivity contribution in [2.45, 2.75) is 13.1 Å². The van der Waals surface area contributed by atoms with Gasteiger partial charge in [0.1, 0.15) is 0 Å². The first kappa shape index (κ1) is 14.6.